The highest BCUT2D eigenvalue weighted by atomic mass is 35.5. The second-order valence-corrected chi connectivity index (χ2v) is 7.64. The number of nitrogens with zero attached hydrogens (tertiary/aromatic N) is 1. The Hall–Kier alpha value is -1.98. The van der Waals surface area contributed by atoms with E-state index in [2.05, 4.69) is 11.1 Å². The Bertz CT molecular complexity index is 967. The normalized spacial score (nSPS) is 16.7. The minimum Gasteiger partial charge on any atom is -0.356 e. The van der Waals surface area contributed by atoms with Crippen LogP contribution in [0, 0.1) is 5.82 Å². The van der Waals surface area contributed by atoms with Crippen LogP contribution >= 0.6 is 23.4 Å². The molecule has 0 saturated carbocycles. The summed E-state index contributed by atoms with van der Waals surface area (Å²) in [5.41, 5.74) is 3.35. The van der Waals surface area contributed by atoms with Crippen molar-refractivity contribution in [3.8, 4) is 0 Å². The molecule has 1 amide bonds. The van der Waals surface area contributed by atoms with Crippen LogP contribution in [0.3, 0.4) is 0 Å². The standard InChI is InChI=1S/C20H18ClFN2OS/c1-26-11-17(25)24-10-9-13-12-5-2-3-8-16(12)23-19(13)20(24)18-14(21)6-4-7-15(18)22/h2-8,20,23H,9-11H2,1H3/t20-/m0/s1. The largest absolute Gasteiger partial charge is 0.356 e. The summed E-state index contributed by atoms with van der Waals surface area (Å²) in [5, 5.41) is 1.46. The van der Waals surface area contributed by atoms with Crippen LogP contribution in [0.5, 0.6) is 0 Å². The van der Waals surface area contributed by atoms with Gasteiger partial charge in [0.25, 0.3) is 0 Å². The lowest BCUT2D eigenvalue weighted by Gasteiger charge is -2.36. The van der Waals surface area contributed by atoms with Gasteiger partial charge in [-0.25, -0.2) is 4.39 Å². The number of para-hydroxylation sites is 1. The molecule has 2 heterocycles. The average Bonchev–Trinajstić information content (AvgIpc) is 3.01. The molecule has 0 spiro atoms. The Labute approximate surface area is 160 Å². The molecule has 3 aromatic rings. The van der Waals surface area contributed by atoms with Crippen LogP contribution in [0.4, 0.5) is 4.39 Å². The van der Waals surface area contributed by atoms with Gasteiger partial charge in [-0.1, -0.05) is 35.9 Å². The van der Waals surface area contributed by atoms with E-state index in [1.54, 1.807) is 17.0 Å². The lowest BCUT2D eigenvalue weighted by molar-refractivity contribution is -0.130. The predicted molar refractivity (Wildman–Crippen MR) is 105 cm³/mol. The van der Waals surface area contributed by atoms with Gasteiger partial charge in [0.2, 0.25) is 5.91 Å². The SMILES string of the molecule is CSCC(=O)N1CCc2c([nH]c3ccccc23)[C@@H]1c1c(F)cccc1Cl. The molecule has 0 saturated heterocycles. The Morgan fingerprint density at radius 2 is 2.12 bits per heavy atom. The van der Waals surface area contributed by atoms with Crippen molar-refractivity contribution in [2.24, 2.45) is 0 Å². The summed E-state index contributed by atoms with van der Waals surface area (Å²) in [4.78, 5) is 17.9. The molecule has 0 bridgehead atoms. The lowest BCUT2D eigenvalue weighted by Crippen LogP contribution is -2.42. The number of nitrogens with one attached hydrogen (secondary N) is 1. The summed E-state index contributed by atoms with van der Waals surface area (Å²) < 4.78 is 14.8. The Morgan fingerprint density at radius 1 is 1.31 bits per heavy atom. The van der Waals surface area contributed by atoms with E-state index in [0.29, 0.717) is 22.9 Å². The summed E-state index contributed by atoms with van der Waals surface area (Å²) in [6.07, 6.45) is 2.63. The average molecular weight is 389 g/mol. The quantitative estimate of drug-likeness (QED) is 0.699. The van der Waals surface area contributed by atoms with Gasteiger partial charge in [0.1, 0.15) is 11.9 Å². The molecule has 0 fully saturated rings. The third-order valence-corrected chi connectivity index (χ3v) is 5.76. The monoisotopic (exact) mass is 388 g/mol. The van der Waals surface area contributed by atoms with Crippen LogP contribution in [0.25, 0.3) is 10.9 Å². The molecule has 4 rings (SSSR count). The van der Waals surface area contributed by atoms with Crippen LogP contribution in [0.1, 0.15) is 22.9 Å². The number of aromatic nitrogens is 1. The van der Waals surface area contributed by atoms with Crippen LogP contribution < -0.4 is 0 Å². The highest BCUT2D eigenvalue weighted by molar-refractivity contribution is 7.99. The van der Waals surface area contributed by atoms with Crippen molar-refractivity contribution >= 4 is 40.2 Å². The van der Waals surface area contributed by atoms with Crippen molar-refractivity contribution < 1.29 is 9.18 Å². The first-order valence-electron chi connectivity index (χ1n) is 8.43. The van der Waals surface area contributed by atoms with Gasteiger partial charge in [-0.2, -0.15) is 11.8 Å². The minimum absolute atomic E-state index is 0.00822. The number of carbonyl (C=O) groups excluding carboxylic acids is 1. The maximum Gasteiger partial charge on any atom is 0.233 e. The first-order chi connectivity index (χ1) is 12.6. The van der Waals surface area contributed by atoms with Gasteiger partial charge in [0, 0.05) is 33.7 Å². The van der Waals surface area contributed by atoms with Crippen molar-refractivity contribution in [3.05, 3.63) is 70.1 Å². The smallest absolute Gasteiger partial charge is 0.233 e. The number of fused-ring (bicyclic) bond motifs is 3. The fraction of sp³-hybridized carbons (Fsp3) is 0.250. The van der Waals surface area contributed by atoms with Gasteiger partial charge in [0.15, 0.2) is 0 Å². The van der Waals surface area contributed by atoms with Crippen LogP contribution in [0.2, 0.25) is 5.02 Å². The Kier molecular flexibility index (Phi) is 4.67. The maximum atomic E-state index is 14.8. The maximum absolute atomic E-state index is 14.8. The van der Waals surface area contributed by atoms with Crippen molar-refractivity contribution in [1.82, 2.24) is 9.88 Å². The molecule has 0 unspecified atom stereocenters. The number of amides is 1. The highest BCUT2D eigenvalue weighted by Gasteiger charge is 2.36. The number of halogens is 2. The summed E-state index contributed by atoms with van der Waals surface area (Å²) in [6.45, 7) is 0.545. The number of benzene rings is 2. The second-order valence-electron chi connectivity index (χ2n) is 6.37. The zero-order valence-corrected chi connectivity index (χ0v) is 15.8. The topological polar surface area (TPSA) is 36.1 Å². The molecule has 0 radical (unpaired) electrons. The van der Waals surface area contributed by atoms with E-state index in [-0.39, 0.29) is 5.91 Å². The number of aromatic amines is 1. The van der Waals surface area contributed by atoms with Crippen molar-refractivity contribution in [3.63, 3.8) is 0 Å². The molecule has 3 nitrogen and oxygen atoms in total. The predicted octanol–water partition coefficient (Wildman–Crippen LogP) is 4.80. The first kappa shape index (κ1) is 17.4. The molecule has 1 aromatic heterocycles. The van der Waals surface area contributed by atoms with Crippen LogP contribution in [-0.2, 0) is 11.2 Å². The molecule has 0 aliphatic carbocycles. The fourth-order valence-electron chi connectivity index (χ4n) is 3.79. The molecule has 1 aliphatic rings. The molecule has 134 valence electrons. The first-order valence-corrected chi connectivity index (χ1v) is 10.2. The van der Waals surface area contributed by atoms with E-state index in [1.807, 2.05) is 24.5 Å². The molecule has 6 heteroatoms. The molecule has 1 N–H and O–H groups in total. The number of hydrogen-bond donors (Lipinski definition) is 1. The minimum atomic E-state index is -0.542. The summed E-state index contributed by atoms with van der Waals surface area (Å²) in [5.74, 6) is -0.0416. The number of rotatable bonds is 3. The fourth-order valence-corrected chi connectivity index (χ4v) is 4.47. The molecule has 1 aliphatic heterocycles. The lowest BCUT2D eigenvalue weighted by atomic mass is 9.92. The van der Waals surface area contributed by atoms with E-state index in [4.69, 9.17) is 11.6 Å². The molecule has 2 aromatic carbocycles. The van der Waals surface area contributed by atoms with Crippen molar-refractivity contribution in [2.45, 2.75) is 12.5 Å². The number of H-pyrrole nitrogens is 1. The van der Waals surface area contributed by atoms with E-state index in [1.165, 1.54) is 17.8 Å². The van der Waals surface area contributed by atoms with Gasteiger partial charge in [-0.15, -0.1) is 0 Å². The van der Waals surface area contributed by atoms with E-state index in [0.717, 1.165) is 28.6 Å². The van der Waals surface area contributed by atoms with E-state index in [9.17, 15) is 9.18 Å². The van der Waals surface area contributed by atoms with E-state index < -0.39 is 11.9 Å². The van der Waals surface area contributed by atoms with Gasteiger partial charge < -0.3 is 9.88 Å². The van der Waals surface area contributed by atoms with Crippen LogP contribution in [-0.4, -0.2) is 34.3 Å². The van der Waals surface area contributed by atoms with Gasteiger partial charge in [-0.3, -0.25) is 4.79 Å². The number of hydrogen-bond acceptors (Lipinski definition) is 2. The Balaban J connectivity index is 1.94. The van der Waals surface area contributed by atoms with Gasteiger partial charge in [-0.05, 0) is 36.4 Å². The molecule has 1 atom stereocenters. The van der Waals surface area contributed by atoms with Crippen molar-refractivity contribution in [2.75, 3.05) is 18.6 Å². The summed E-state index contributed by atoms with van der Waals surface area (Å²) in [6, 6.07) is 12.1. The molecular formula is C20H18ClFN2OS. The summed E-state index contributed by atoms with van der Waals surface area (Å²) >= 11 is 7.85. The van der Waals surface area contributed by atoms with Gasteiger partial charge >= 0.3 is 0 Å². The zero-order valence-electron chi connectivity index (χ0n) is 14.3. The van der Waals surface area contributed by atoms with E-state index >= 15 is 0 Å². The molecular weight excluding hydrogens is 371 g/mol. The third kappa shape index (κ3) is 2.79. The zero-order chi connectivity index (χ0) is 18.3. The number of carbonyl (C=O) groups is 1. The van der Waals surface area contributed by atoms with Crippen molar-refractivity contribution in [1.29, 1.82) is 0 Å². The highest BCUT2D eigenvalue weighted by Crippen LogP contribution is 2.41. The Morgan fingerprint density at radius 3 is 2.88 bits per heavy atom. The number of thioether (sulfide) groups is 1. The third-order valence-electron chi connectivity index (χ3n) is 4.90. The van der Waals surface area contributed by atoms with Gasteiger partial charge in [0.05, 0.1) is 5.75 Å². The summed E-state index contributed by atoms with van der Waals surface area (Å²) in [7, 11) is 0. The molecule has 26 heavy (non-hydrogen) atoms. The van der Waals surface area contributed by atoms with Crippen LogP contribution in [0.15, 0.2) is 42.5 Å². The second kappa shape index (κ2) is 6.97.